The molecule has 0 aliphatic carbocycles. The van der Waals surface area contributed by atoms with E-state index in [2.05, 4.69) is 9.88 Å². The molecule has 1 aliphatic heterocycles. The highest BCUT2D eigenvalue weighted by Gasteiger charge is 2.25. The van der Waals surface area contributed by atoms with Crippen molar-refractivity contribution < 1.29 is 9.53 Å². The second-order valence-corrected chi connectivity index (χ2v) is 6.70. The van der Waals surface area contributed by atoms with Crippen LogP contribution in [0.1, 0.15) is 31.7 Å². The zero-order chi connectivity index (χ0) is 17.1. The lowest BCUT2D eigenvalue weighted by Gasteiger charge is -2.26. The highest BCUT2D eigenvalue weighted by atomic mass is 35.5. The van der Waals surface area contributed by atoms with Crippen LogP contribution in [0.5, 0.6) is 11.6 Å². The van der Waals surface area contributed by atoms with E-state index in [4.69, 9.17) is 16.3 Å². The highest BCUT2D eigenvalue weighted by molar-refractivity contribution is 6.31. The van der Waals surface area contributed by atoms with Crippen LogP contribution in [-0.2, 0) is 4.79 Å². The average Bonchev–Trinajstić information content (AvgIpc) is 2.98. The average molecular weight is 345 g/mol. The van der Waals surface area contributed by atoms with Crippen LogP contribution in [0.25, 0.3) is 0 Å². The normalized spacial score (nSPS) is 17.1. The van der Waals surface area contributed by atoms with Crippen molar-refractivity contribution >= 4 is 23.1 Å². The van der Waals surface area contributed by atoms with E-state index in [0.29, 0.717) is 29.1 Å². The standard InChI is InChI=1S/C19H21ClN2O2/c1-13-10-18(20)19(21-12-13)24-17-7-5-15(6-8-17)22-9-3-4-16(22)11-14(2)23/h5-8,10,12,16H,3-4,9,11H2,1-2H3. The number of carbonyl (C=O) groups is 1. The number of benzene rings is 1. The van der Waals surface area contributed by atoms with Gasteiger partial charge >= 0.3 is 0 Å². The smallest absolute Gasteiger partial charge is 0.238 e. The Morgan fingerprint density at radius 3 is 2.79 bits per heavy atom. The van der Waals surface area contributed by atoms with Crippen LogP contribution in [0.15, 0.2) is 36.5 Å². The second kappa shape index (κ2) is 7.22. The number of hydrogen-bond donors (Lipinski definition) is 0. The summed E-state index contributed by atoms with van der Waals surface area (Å²) in [5, 5.41) is 0.500. The maximum Gasteiger partial charge on any atom is 0.238 e. The van der Waals surface area contributed by atoms with Crippen molar-refractivity contribution in [2.75, 3.05) is 11.4 Å². The minimum Gasteiger partial charge on any atom is -0.438 e. The Morgan fingerprint density at radius 1 is 1.38 bits per heavy atom. The quantitative estimate of drug-likeness (QED) is 0.782. The predicted molar refractivity (Wildman–Crippen MR) is 96.2 cm³/mol. The van der Waals surface area contributed by atoms with E-state index in [-0.39, 0.29) is 5.78 Å². The fourth-order valence-electron chi connectivity index (χ4n) is 3.13. The van der Waals surface area contributed by atoms with Crippen molar-refractivity contribution in [1.29, 1.82) is 0 Å². The summed E-state index contributed by atoms with van der Waals surface area (Å²) in [5.74, 6) is 1.34. The van der Waals surface area contributed by atoms with E-state index in [1.807, 2.05) is 37.3 Å². The Labute approximate surface area is 147 Å². The summed E-state index contributed by atoms with van der Waals surface area (Å²) in [4.78, 5) is 17.9. The molecule has 0 saturated carbocycles. The predicted octanol–water partition coefficient (Wildman–Crippen LogP) is 4.78. The van der Waals surface area contributed by atoms with E-state index in [9.17, 15) is 4.79 Å². The number of ketones is 1. The Hall–Kier alpha value is -2.07. The van der Waals surface area contributed by atoms with Crippen LogP contribution < -0.4 is 9.64 Å². The first kappa shape index (κ1) is 16.8. The third kappa shape index (κ3) is 3.88. The number of hydrogen-bond acceptors (Lipinski definition) is 4. The maximum atomic E-state index is 11.4. The van der Waals surface area contributed by atoms with Crippen molar-refractivity contribution in [2.24, 2.45) is 0 Å². The van der Waals surface area contributed by atoms with Gasteiger partial charge in [0.25, 0.3) is 0 Å². The molecule has 1 atom stereocenters. The van der Waals surface area contributed by atoms with E-state index in [1.54, 1.807) is 13.1 Å². The van der Waals surface area contributed by atoms with Crippen LogP contribution >= 0.6 is 11.6 Å². The van der Waals surface area contributed by atoms with Gasteiger partial charge in [0.05, 0.1) is 0 Å². The van der Waals surface area contributed by atoms with Crippen molar-refractivity contribution in [3.05, 3.63) is 47.1 Å². The Kier molecular flexibility index (Phi) is 5.05. The number of aryl methyl sites for hydroxylation is 1. The Bertz CT molecular complexity index is 731. The van der Waals surface area contributed by atoms with Gasteiger partial charge in [-0.25, -0.2) is 4.98 Å². The van der Waals surface area contributed by atoms with Gasteiger partial charge in [0.2, 0.25) is 5.88 Å². The molecule has 2 aromatic rings. The number of nitrogens with zero attached hydrogens (tertiary/aromatic N) is 2. The highest BCUT2D eigenvalue weighted by Crippen LogP contribution is 2.31. The van der Waals surface area contributed by atoms with Gasteiger partial charge in [-0.3, -0.25) is 4.79 Å². The molecule has 126 valence electrons. The molecular formula is C19H21ClN2O2. The SMILES string of the molecule is CC(=O)CC1CCCN1c1ccc(Oc2ncc(C)cc2Cl)cc1. The lowest BCUT2D eigenvalue weighted by atomic mass is 10.1. The van der Waals surface area contributed by atoms with Gasteiger partial charge in [0, 0.05) is 30.9 Å². The molecule has 2 heterocycles. The van der Waals surface area contributed by atoms with Crippen LogP contribution in [0, 0.1) is 6.92 Å². The van der Waals surface area contributed by atoms with Gasteiger partial charge in [-0.2, -0.15) is 0 Å². The fraction of sp³-hybridized carbons (Fsp3) is 0.368. The van der Waals surface area contributed by atoms with Crippen LogP contribution in [0.4, 0.5) is 5.69 Å². The zero-order valence-corrected chi connectivity index (χ0v) is 14.7. The molecule has 24 heavy (non-hydrogen) atoms. The molecule has 1 aromatic heterocycles. The number of carbonyl (C=O) groups excluding carboxylic acids is 1. The van der Waals surface area contributed by atoms with Gasteiger partial charge < -0.3 is 9.64 Å². The van der Waals surface area contributed by atoms with Crippen molar-refractivity contribution in [1.82, 2.24) is 4.98 Å². The fourth-order valence-corrected chi connectivity index (χ4v) is 3.39. The van der Waals surface area contributed by atoms with Crippen LogP contribution in [-0.4, -0.2) is 23.4 Å². The van der Waals surface area contributed by atoms with Crippen LogP contribution in [0.3, 0.4) is 0 Å². The molecule has 5 heteroatoms. The molecule has 0 radical (unpaired) electrons. The molecule has 1 unspecified atom stereocenters. The summed E-state index contributed by atoms with van der Waals surface area (Å²) in [7, 11) is 0. The number of halogens is 1. The van der Waals surface area contributed by atoms with Gasteiger partial charge in [-0.15, -0.1) is 0 Å². The topological polar surface area (TPSA) is 42.4 Å². The molecule has 0 amide bonds. The lowest BCUT2D eigenvalue weighted by molar-refractivity contribution is -0.117. The van der Waals surface area contributed by atoms with Gasteiger partial charge in [0.15, 0.2) is 0 Å². The number of anilines is 1. The van der Waals surface area contributed by atoms with Crippen molar-refractivity contribution in [2.45, 2.75) is 39.2 Å². The molecule has 0 N–H and O–H groups in total. The molecule has 0 spiro atoms. The van der Waals surface area contributed by atoms with Gasteiger partial charge in [0.1, 0.15) is 16.6 Å². The monoisotopic (exact) mass is 344 g/mol. The van der Waals surface area contributed by atoms with Crippen LogP contribution in [0.2, 0.25) is 5.02 Å². The molecule has 3 rings (SSSR count). The van der Waals surface area contributed by atoms with Crippen molar-refractivity contribution in [3.8, 4) is 11.6 Å². The number of Topliss-reactive ketones (excluding diaryl/α,β-unsaturated/α-hetero) is 1. The number of aromatic nitrogens is 1. The number of pyridine rings is 1. The van der Waals surface area contributed by atoms with E-state index in [1.165, 1.54) is 0 Å². The molecular weight excluding hydrogens is 324 g/mol. The maximum absolute atomic E-state index is 11.4. The molecule has 0 bridgehead atoms. The summed E-state index contributed by atoms with van der Waals surface area (Å²) >= 11 is 6.15. The molecule has 1 aliphatic rings. The third-order valence-corrected chi connectivity index (χ3v) is 4.50. The largest absolute Gasteiger partial charge is 0.438 e. The number of rotatable bonds is 5. The van der Waals surface area contributed by atoms with E-state index < -0.39 is 0 Å². The van der Waals surface area contributed by atoms with E-state index in [0.717, 1.165) is 30.6 Å². The summed E-state index contributed by atoms with van der Waals surface area (Å²) in [5.41, 5.74) is 2.11. The summed E-state index contributed by atoms with van der Waals surface area (Å²) in [6.45, 7) is 4.58. The first-order valence-corrected chi connectivity index (χ1v) is 8.57. The minimum absolute atomic E-state index is 0.243. The van der Waals surface area contributed by atoms with Gasteiger partial charge in [-0.05, 0) is 62.6 Å². The first-order chi connectivity index (χ1) is 11.5. The molecule has 1 fully saturated rings. The Balaban J connectivity index is 1.72. The number of ether oxygens (including phenoxy) is 1. The Morgan fingerprint density at radius 2 is 2.12 bits per heavy atom. The van der Waals surface area contributed by atoms with Gasteiger partial charge in [-0.1, -0.05) is 11.6 Å². The lowest BCUT2D eigenvalue weighted by Crippen LogP contribution is -2.30. The first-order valence-electron chi connectivity index (χ1n) is 8.19. The minimum atomic E-state index is 0.243. The molecule has 4 nitrogen and oxygen atoms in total. The third-order valence-electron chi connectivity index (χ3n) is 4.23. The summed E-state index contributed by atoms with van der Waals surface area (Å²) < 4.78 is 5.76. The van der Waals surface area contributed by atoms with Crippen molar-refractivity contribution in [3.63, 3.8) is 0 Å². The zero-order valence-electron chi connectivity index (χ0n) is 14.0. The second-order valence-electron chi connectivity index (χ2n) is 6.29. The summed E-state index contributed by atoms with van der Waals surface area (Å²) in [6, 6.07) is 10.0. The molecule has 1 saturated heterocycles. The van der Waals surface area contributed by atoms with E-state index >= 15 is 0 Å². The molecule has 1 aromatic carbocycles. The summed E-state index contributed by atoms with van der Waals surface area (Å²) in [6.07, 6.45) is 4.53.